The standard InChI is InChI=1S/C16H13IN2O5/c1-10(24-16(21)13-4-2-3-5-14(13)17)15(20)18-11-6-8-12(9-7-11)19(22)23/h2-10H,1H3,(H,18,20). The van der Waals surface area contributed by atoms with E-state index in [0.717, 1.165) is 3.57 Å². The molecule has 0 bridgehead atoms. The van der Waals surface area contributed by atoms with Crippen LogP contribution in [0, 0.1) is 13.7 Å². The van der Waals surface area contributed by atoms with Crippen molar-refractivity contribution in [2.75, 3.05) is 5.32 Å². The first-order chi connectivity index (χ1) is 11.4. The Bertz CT molecular complexity index is 776. The third-order valence-electron chi connectivity index (χ3n) is 3.09. The van der Waals surface area contributed by atoms with Crippen molar-refractivity contribution in [1.82, 2.24) is 0 Å². The number of ether oxygens (including phenoxy) is 1. The Morgan fingerprint density at radius 3 is 2.38 bits per heavy atom. The molecule has 1 unspecified atom stereocenters. The number of halogens is 1. The van der Waals surface area contributed by atoms with Crippen LogP contribution in [0.2, 0.25) is 0 Å². The van der Waals surface area contributed by atoms with Gasteiger partial charge in [0.05, 0.1) is 10.5 Å². The Balaban J connectivity index is 1.98. The number of amides is 1. The zero-order chi connectivity index (χ0) is 17.7. The van der Waals surface area contributed by atoms with E-state index in [4.69, 9.17) is 4.74 Å². The molecule has 8 heteroatoms. The minimum Gasteiger partial charge on any atom is -0.449 e. The molecular formula is C16H13IN2O5. The Morgan fingerprint density at radius 1 is 1.17 bits per heavy atom. The molecule has 0 spiro atoms. The van der Waals surface area contributed by atoms with Gasteiger partial charge in [-0.15, -0.1) is 0 Å². The minimum absolute atomic E-state index is 0.0777. The molecule has 0 saturated carbocycles. The fourth-order valence-corrected chi connectivity index (χ4v) is 2.42. The summed E-state index contributed by atoms with van der Waals surface area (Å²) in [6.45, 7) is 1.45. The molecule has 0 heterocycles. The average Bonchev–Trinajstić information content (AvgIpc) is 2.55. The highest BCUT2D eigenvalue weighted by atomic mass is 127. The van der Waals surface area contributed by atoms with Crippen molar-refractivity contribution in [3.8, 4) is 0 Å². The van der Waals surface area contributed by atoms with Crippen LogP contribution >= 0.6 is 22.6 Å². The summed E-state index contributed by atoms with van der Waals surface area (Å²) in [5.41, 5.74) is 0.682. The quantitative estimate of drug-likeness (QED) is 0.333. The summed E-state index contributed by atoms with van der Waals surface area (Å²) in [5, 5.41) is 13.1. The third-order valence-corrected chi connectivity index (χ3v) is 4.03. The summed E-state index contributed by atoms with van der Waals surface area (Å²) in [7, 11) is 0. The lowest BCUT2D eigenvalue weighted by atomic mass is 10.2. The van der Waals surface area contributed by atoms with Crippen molar-refractivity contribution in [3.05, 3.63) is 67.8 Å². The smallest absolute Gasteiger partial charge is 0.339 e. The van der Waals surface area contributed by atoms with Gasteiger partial charge in [0.2, 0.25) is 0 Å². The highest BCUT2D eigenvalue weighted by molar-refractivity contribution is 14.1. The van der Waals surface area contributed by atoms with Crippen LogP contribution in [0.1, 0.15) is 17.3 Å². The Morgan fingerprint density at radius 2 is 1.79 bits per heavy atom. The topological polar surface area (TPSA) is 98.5 Å². The number of nitrogens with one attached hydrogen (secondary N) is 1. The fourth-order valence-electron chi connectivity index (χ4n) is 1.81. The second kappa shape index (κ2) is 7.86. The Kier molecular flexibility index (Phi) is 5.85. The molecule has 124 valence electrons. The first-order valence-electron chi connectivity index (χ1n) is 6.89. The Labute approximate surface area is 151 Å². The molecule has 2 aromatic rings. The van der Waals surface area contributed by atoms with Crippen LogP contribution in [-0.2, 0) is 9.53 Å². The van der Waals surface area contributed by atoms with Gasteiger partial charge in [-0.2, -0.15) is 0 Å². The lowest BCUT2D eigenvalue weighted by Gasteiger charge is -2.14. The molecule has 24 heavy (non-hydrogen) atoms. The van der Waals surface area contributed by atoms with E-state index in [9.17, 15) is 19.7 Å². The van der Waals surface area contributed by atoms with Crippen LogP contribution in [0.15, 0.2) is 48.5 Å². The number of rotatable bonds is 5. The van der Waals surface area contributed by atoms with Crippen LogP contribution in [0.3, 0.4) is 0 Å². The van der Waals surface area contributed by atoms with Crippen LogP contribution in [0.4, 0.5) is 11.4 Å². The van der Waals surface area contributed by atoms with Gasteiger partial charge in [0.15, 0.2) is 6.10 Å². The molecule has 0 aromatic heterocycles. The van der Waals surface area contributed by atoms with E-state index in [-0.39, 0.29) is 5.69 Å². The largest absolute Gasteiger partial charge is 0.449 e. The third kappa shape index (κ3) is 4.51. The van der Waals surface area contributed by atoms with E-state index < -0.39 is 22.9 Å². The SMILES string of the molecule is CC(OC(=O)c1ccccc1I)C(=O)Nc1ccc([N+](=O)[O-])cc1. The maximum atomic E-state index is 12.1. The molecule has 0 radical (unpaired) electrons. The predicted molar refractivity (Wildman–Crippen MR) is 95.8 cm³/mol. The second-order valence-corrected chi connectivity index (χ2v) is 5.98. The normalized spacial score (nSPS) is 11.4. The van der Waals surface area contributed by atoms with Gasteiger partial charge < -0.3 is 10.1 Å². The number of nitrogens with zero attached hydrogens (tertiary/aromatic N) is 1. The molecular weight excluding hydrogens is 427 g/mol. The monoisotopic (exact) mass is 440 g/mol. The van der Waals surface area contributed by atoms with Crippen molar-refractivity contribution in [1.29, 1.82) is 0 Å². The van der Waals surface area contributed by atoms with Crippen molar-refractivity contribution in [3.63, 3.8) is 0 Å². The van der Waals surface area contributed by atoms with Crippen LogP contribution in [-0.4, -0.2) is 22.9 Å². The lowest BCUT2D eigenvalue weighted by molar-refractivity contribution is -0.384. The number of nitro benzene ring substituents is 1. The van der Waals surface area contributed by atoms with Gasteiger partial charge in [0, 0.05) is 21.4 Å². The zero-order valence-corrected chi connectivity index (χ0v) is 14.7. The van der Waals surface area contributed by atoms with Crippen LogP contribution < -0.4 is 5.32 Å². The summed E-state index contributed by atoms with van der Waals surface area (Å²) in [5.74, 6) is -1.12. The molecule has 2 rings (SSSR count). The lowest BCUT2D eigenvalue weighted by Crippen LogP contribution is -2.30. The number of carbonyl (C=O) groups is 2. The fraction of sp³-hybridized carbons (Fsp3) is 0.125. The second-order valence-electron chi connectivity index (χ2n) is 4.82. The van der Waals surface area contributed by atoms with Crippen LogP contribution in [0.25, 0.3) is 0 Å². The zero-order valence-electron chi connectivity index (χ0n) is 12.6. The number of nitro groups is 1. The van der Waals surface area contributed by atoms with Gasteiger partial charge in [-0.1, -0.05) is 12.1 Å². The number of benzene rings is 2. The molecule has 1 atom stereocenters. The molecule has 1 amide bonds. The summed E-state index contributed by atoms with van der Waals surface area (Å²) in [6.07, 6.45) is -1.01. The van der Waals surface area contributed by atoms with E-state index >= 15 is 0 Å². The summed E-state index contributed by atoms with van der Waals surface area (Å²) in [6, 6.07) is 12.3. The molecule has 0 aliphatic carbocycles. The van der Waals surface area contributed by atoms with Gasteiger partial charge in [-0.25, -0.2) is 4.79 Å². The summed E-state index contributed by atoms with van der Waals surface area (Å²) in [4.78, 5) is 34.2. The maximum Gasteiger partial charge on any atom is 0.339 e. The maximum absolute atomic E-state index is 12.1. The molecule has 7 nitrogen and oxygen atoms in total. The summed E-state index contributed by atoms with van der Waals surface area (Å²) < 4.78 is 5.87. The van der Waals surface area contributed by atoms with Gasteiger partial charge >= 0.3 is 5.97 Å². The number of esters is 1. The first-order valence-corrected chi connectivity index (χ1v) is 7.97. The predicted octanol–water partition coefficient (Wildman–Crippen LogP) is 3.38. The number of hydrogen-bond donors (Lipinski definition) is 1. The highest BCUT2D eigenvalue weighted by Gasteiger charge is 2.20. The molecule has 2 aromatic carbocycles. The molecule has 0 fully saturated rings. The van der Waals surface area contributed by atoms with Crippen LogP contribution in [0.5, 0.6) is 0 Å². The van der Waals surface area contributed by atoms with Crippen molar-refractivity contribution in [2.24, 2.45) is 0 Å². The number of hydrogen-bond acceptors (Lipinski definition) is 5. The average molecular weight is 440 g/mol. The van der Waals surface area contributed by atoms with Crippen molar-refractivity contribution in [2.45, 2.75) is 13.0 Å². The van der Waals surface area contributed by atoms with E-state index in [1.54, 1.807) is 24.3 Å². The van der Waals surface area contributed by atoms with E-state index in [2.05, 4.69) is 5.32 Å². The Hall–Kier alpha value is -2.49. The van der Waals surface area contributed by atoms with Crippen molar-refractivity contribution >= 4 is 45.8 Å². The van der Waals surface area contributed by atoms with Gasteiger partial charge in [0.1, 0.15) is 0 Å². The van der Waals surface area contributed by atoms with E-state index in [1.165, 1.54) is 31.2 Å². The van der Waals surface area contributed by atoms with Gasteiger partial charge in [-0.3, -0.25) is 14.9 Å². The summed E-state index contributed by atoms with van der Waals surface area (Å²) >= 11 is 2.01. The number of anilines is 1. The molecule has 0 aliphatic heterocycles. The van der Waals surface area contributed by atoms with Crippen molar-refractivity contribution < 1.29 is 19.2 Å². The molecule has 1 N–H and O–H groups in total. The minimum atomic E-state index is -1.01. The van der Waals surface area contributed by atoms with E-state index in [0.29, 0.717) is 11.3 Å². The first kappa shape index (κ1) is 17.9. The number of non-ortho nitro benzene ring substituents is 1. The molecule has 0 aliphatic rings. The van der Waals surface area contributed by atoms with Gasteiger partial charge in [0.25, 0.3) is 11.6 Å². The molecule has 0 saturated heterocycles. The van der Waals surface area contributed by atoms with Gasteiger partial charge in [-0.05, 0) is 53.8 Å². The number of carbonyl (C=O) groups excluding carboxylic acids is 2. The van der Waals surface area contributed by atoms with E-state index in [1.807, 2.05) is 22.6 Å². The highest BCUT2D eigenvalue weighted by Crippen LogP contribution is 2.17.